The highest BCUT2D eigenvalue weighted by atomic mass is 35.5. The van der Waals surface area contributed by atoms with Gasteiger partial charge in [-0.15, -0.1) is 0 Å². The SMILES string of the molecule is O=C(Nc1cccc(B(O)O)c1)c1ccc(Cl)c(Cl)c1. The predicted molar refractivity (Wildman–Crippen MR) is 80.7 cm³/mol. The Morgan fingerprint density at radius 1 is 1.05 bits per heavy atom. The second kappa shape index (κ2) is 6.28. The van der Waals surface area contributed by atoms with E-state index in [4.69, 9.17) is 33.2 Å². The Hall–Kier alpha value is -1.53. The second-order valence-electron chi connectivity index (χ2n) is 4.08. The molecule has 0 fully saturated rings. The van der Waals surface area contributed by atoms with Gasteiger partial charge in [-0.2, -0.15) is 0 Å². The molecule has 0 spiro atoms. The largest absolute Gasteiger partial charge is 0.488 e. The number of amides is 1. The van der Waals surface area contributed by atoms with Gasteiger partial charge in [0.05, 0.1) is 10.0 Å². The maximum absolute atomic E-state index is 12.0. The average Bonchev–Trinajstić information content (AvgIpc) is 2.42. The van der Waals surface area contributed by atoms with Crippen LogP contribution < -0.4 is 10.8 Å². The first-order valence-electron chi connectivity index (χ1n) is 5.70. The van der Waals surface area contributed by atoms with E-state index < -0.39 is 7.12 Å². The van der Waals surface area contributed by atoms with E-state index in [1.54, 1.807) is 24.3 Å². The zero-order valence-corrected chi connectivity index (χ0v) is 11.7. The molecule has 2 aromatic rings. The summed E-state index contributed by atoms with van der Waals surface area (Å²) in [6.45, 7) is 0. The summed E-state index contributed by atoms with van der Waals surface area (Å²) in [5.74, 6) is -0.367. The number of benzene rings is 2. The van der Waals surface area contributed by atoms with Crippen molar-refractivity contribution in [2.75, 3.05) is 5.32 Å². The molecule has 3 N–H and O–H groups in total. The molecular weight excluding hydrogens is 300 g/mol. The summed E-state index contributed by atoms with van der Waals surface area (Å²) in [5.41, 5.74) is 1.10. The lowest BCUT2D eigenvalue weighted by molar-refractivity contribution is 0.102. The smallest absolute Gasteiger partial charge is 0.423 e. The molecule has 0 aromatic heterocycles. The van der Waals surface area contributed by atoms with Crippen LogP contribution in [0.2, 0.25) is 10.0 Å². The monoisotopic (exact) mass is 309 g/mol. The standard InChI is InChI=1S/C13H10BCl2NO3/c15-11-5-4-8(6-12(11)16)13(18)17-10-3-1-2-9(7-10)14(19)20/h1-7,19-20H,(H,17,18). The number of nitrogens with one attached hydrogen (secondary N) is 1. The Labute approximate surface area is 126 Å². The van der Waals surface area contributed by atoms with Gasteiger partial charge in [0.2, 0.25) is 0 Å². The molecule has 0 aliphatic rings. The lowest BCUT2D eigenvalue weighted by atomic mass is 9.80. The third-order valence-corrected chi connectivity index (χ3v) is 3.36. The topological polar surface area (TPSA) is 69.6 Å². The molecular formula is C13H10BCl2NO3. The Morgan fingerprint density at radius 2 is 1.80 bits per heavy atom. The minimum absolute atomic E-state index is 0.289. The highest BCUT2D eigenvalue weighted by Gasteiger charge is 2.13. The first kappa shape index (κ1) is 14.9. The molecule has 102 valence electrons. The molecule has 0 radical (unpaired) electrons. The maximum Gasteiger partial charge on any atom is 0.488 e. The van der Waals surface area contributed by atoms with Gasteiger partial charge in [0.1, 0.15) is 0 Å². The first-order valence-corrected chi connectivity index (χ1v) is 6.45. The highest BCUT2D eigenvalue weighted by Crippen LogP contribution is 2.23. The zero-order chi connectivity index (χ0) is 14.7. The highest BCUT2D eigenvalue weighted by molar-refractivity contribution is 6.58. The van der Waals surface area contributed by atoms with E-state index in [1.807, 2.05) is 0 Å². The fourth-order valence-corrected chi connectivity index (χ4v) is 1.92. The number of hydrogen-bond acceptors (Lipinski definition) is 3. The summed E-state index contributed by atoms with van der Waals surface area (Å²) in [4.78, 5) is 12.0. The fourth-order valence-electron chi connectivity index (χ4n) is 1.62. The van der Waals surface area contributed by atoms with Crippen LogP contribution in [0.5, 0.6) is 0 Å². The summed E-state index contributed by atoms with van der Waals surface area (Å²) in [6.07, 6.45) is 0. The molecule has 0 unspecified atom stereocenters. The Kier molecular flexibility index (Phi) is 4.67. The third kappa shape index (κ3) is 3.52. The van der Waals surface area contributed by atoms with Gasteiger partial charge in [0, 0.05) is 11.3 Å². The van der Waals surface area contributed by atoms with Crippen LogP contribution in [0.4, 0.5) is 5.69 Å². The van der Waals surface area contributed by atoms with Crippen LogP contribution in [-0.4, -0.2) is 23.1 Å². The number of rotatable bonds is 3. The van der Waals surface area contributed by atoms with Crippen LogP contribution in [0.15, 0.2) is 42.5 Å². The lowest BCUT2D eigenvalue weighted by Gasteiger charge is -2.08. The van der Waals surface area contributed by atoms with Crippen LogP contribution in [-0.2, 0) is 0 Å². The van der Waals surface area contributed by atoms with Crippen molar-refractivity contribution in [2.45, 2.75) is 0 Å². The van der Waals surface area contributed by atoms with E-state index in [1.165, 1.54) is 18.2 Å². The van der Waals surface area contributed by atoms with Crippen molar-refractivity contribution in [1.29, 1.82) is 0 Å². The molecule has 0 aliphatic carbocycles. The Morgan fingerprint density at radius 3 is 2.45 bits per heavy atom. The number of hydrogen-bond donors (Lipinski definition) is 3. The molecule has 0 atom stereocenters. The van der Waals surface area contributed by atoms with Crippen molar-refractivity contribution >= 4 is 47.4 Å². The molecule has 7 heteroatoms. The normalized spacial score (nSPS) is 10.2. The molecule has 0 heterocycles. The quantitative estimate of drug-likeness (QED) is 0.759. The van der Waals surface area contributed by atoms with Gasteiger partial charge in [-0.25, -0.2) is 0 Å². The van der Waals surface area contributed by atoms with Gasteiger partial charge in [-0.05, 0) is 35.8 Å². The minimum atomic E-state index is -1.59. The molecule has 0 bridgehead atoms. The van der Waals surface area contributed by atoms with Gasteiger partial charge in [0.25, 0.3) is 5.91 Å². The molecule has 0 saturated carbocycles. The average molecular weight is 310 g/mol. The number of carbonyl (C=O) groups is 1. The van der Waals surface area contributed by atoms with Crippen molar-refractivity contribution in [1.82, 2.24) is 0 Å². The molecule has 0 aliphatic heterocycles. The van der Waals surface area contributed by atoms with Crippen LogP contribution >= 0.6 is 23.2 Å². The second-order valence-corrected chi connectivity index (χ2v) is 4.90. The Balaban J connectivity index is 2.19. The molecule has 2 rings (SSSR count). The molecule has 4 nitrogen and oxygen atoms in total. The molecule has 20 heavy (non-hydrogen) atoms. The predicted octanol–water partition coefficient (Wildman–Crippen LogP) is 1.93. The van der Waals surface area contributed by atoms with Crippen molar-refractivity contribution in [3.63, 3.8) is 0 Å². The first-order chi connectivity index (χ1) is 9.47. The third-order valence-electron chi connectivity index (χ3n) is 2.62. The number of anilines is 1. The van der Waals surface area contributed by atoms with Crippen molar-refractivity contribution in [3.05, 3.63) is 58.1 Å². The summed E-state index contributed by atoms with van der Waals surface area (Å²) in [5, 5.41) is 21.5. The van der Waals surface area contributed by atoms with Crippen LogP contribution in [0.3, 0.4) is 0 Å². The minimum Gasteiger partial charge on any atom is -0.423 e. The number of carbonyl (C=O) groups excluding carboxylic acids is 1. The van der Waals surface area contributed by atoms with E-state index in [0.29, 0.717) is 21.3 Å². The van der Waals surface area contributed by atoms with E-state index in [9.17, 15) is 4.79 Å². The van der Waals surface area contributed by atoms with Gasteiger partial charge < -0.3 is 15.4 Å². The van der Waals surface area contributed by atoms with E-state index in [2.05, 4.69) is 5.32 Å². The molecule has 0 saturated heterocycles. The van der Waals surface area contributed by atoms with Gasteiger partial charge in [-0.1, -0.05) is 35.3 Å². The summed E-state index contributed by atoms with van der Waals surface area (Å²) in [6, 6.07) is 10.8. The number of halogens is 2. The summed E-state index contributed by atoms with van der Waals surface area (Å²) < 4.78 is 0. The van der Waals surface area contributed by atoms with E-state index in [0.717, 1.165) is 0 Å². The molecule has 2 aromatic carbocycles. The summed E-state index contributed by atoms with van der Waals surface area (Å²) in [7, 11) is -1.59. The van der Waals surface area contributed by atoms with Gasteiger partial charge >= 0.3 is 7.12 Å². The lowest BCUT2D eigenvalue weighted by Crippen LogP contribution is -2.30. The van der Waals surface area contributed by atoms with E-state index in [-0.39, 0.29) is 11.4 Å². The molecule has 1 amide bonds. The van der Waals surface area contributed by atoms with Crippen LogP contribution in [0.1, 0.15) is 10.4 Å². The van der Waals surface area contributed by atoms with Gasteiger partial charge in [0.15, 0.2) is 0 Å². The fraction of sp³-hybridized carbons (Fsp3) is 0. The maximum atomic E-state index is 12.0. The van der Waals surface area contributed by atoms with Crippen LogP contribution in [0, 0.1) is 0 Å². The van der Waals surface area contributed by atoms with Crippen molar-refractivity contribution in [3.8, 4) is 0 Å². The zero-order valence-electron chi connectivity index (χ0n) is 10.2. The summed E-state index contributed by atoms with van der Waals surface area (Å²) >= 11 is 11.6. The van der Waals surface area contributed by atoms with Gasteiger partial charge in [-0.3, -0.25) is 4.79 Å². The van der Waals surface area contributed by atoms with E-state index >= 15 is 0 Å². The Bertz CT molecular complexity index is 649. The van der Waals surface area contributed by atoms with Crippen LogP contribution in [0.25, 0.3) is 0 Å². The van der Waals surface area contributed by atoms with Crippen molar-refractivity contribution in [2.24, 2.45) is 0 Å². The van der Waals surface area contributed by atoms with Crippen molar-refractivity contribution < 1.29 is 14.8 Å².